The molecule has 0 spiro atoms. The average molecular weight is 451 g/mol. The Labute approximate surface area is 180 Å². The third-order valence-corrected chi connectivity index (χ3v) is 4.94. The van der Waals surface area contributed by atoms with Crippen molar-refractivity contribution in [2.75, 3.05) is 11.1 Å². The van der Waals surface area contributed by atoms with Crippen LogP contribution < -0.4 is 15.8 Å². The van der Waals surface area contributed by atoms with Gasteiger partial charge >= 0.3 is 6.61 Å². The van der Waals surface area contributed by atoms with E-state index in [9.17, 15) is 18.4 Å². The van der Waals surface area contributed by atoms with Crippen molar-refractivity contribution in [1.82, 2.24) is 14.8 Å². The van der Waals surface area contributed by atoms with E-state index in [1.807, 2.05) is 0 Å². The Morgan fingerprint density at radius 1 is 1.23 bits per heavy atom. The van der Waals surface area contributed by atoms with Gasteiger partial charge in [0.05, 0.1) is 18.6 Å². The summed E-state index contributed by atoms with van der Waals surface area (Å²) in [5.74, 6) is 0.466. The van der Waals surface area contributed by atoms with Gasteiger partial charge in [0.2, 0.25) is 11.8 Å². The zero-order valence-electron chi connectivity index (χ0n) is 16.2. The lowest BCUT2D eigenvalue weighted by Gasteiger charge is -2.09. The lowest BCUT2D eigenvalue weighted by Crippen LogP contribution is -2.16. The molecule has 2 amide bonds. The van der Waals surface area contributed by atoms with Crippen molar-refractivity contribution in [2.24, 2.45) is 5.73 Å². The van der Waals surface area contributed by atoms with Crippen molar-refractivity contribution in [1.29, 1.82) is 0 Å². The fraction of sp³-hybridized carbons (Fsp3) is 0.263. The average Bonchev–Trinajstić information content (AvgIpc) is 3.36. The maximum atomic E-state index is 12.3. The highest BCUT2D eigenvalue weighted by Gasteiger charge is 2.16. The van der Waals surface area contributed by atoms with Crippen molar-refractivity contribution in [2.45, 2.75) is 31.2 Å². The van der Waals surface area contributed by atoms with Crippen LogP contribution in [0.2, 0.25) is 0 Å². The molecule has 3 aromatic rings. The number of amides is 2. The van der Waals surface area contributed by atoms with Gasteiger partial charge in [0.1, 0.15) is 17.3 Å². The second-order valence-corrected chi connectivity index (χ2v) is 7.21. The molecule has 0 aliphatic rings. The highest BCUT2D eigenvalue weighted by Crippen LogP contribution is 2.21. The van der Waals surface area contributed by atoms with Gasteiger partial charge in [0.15, 0.2) is 5.16 Å². The van der Waals surface area contributed by atoms with Crippen LogP contribution in [0.1, 0.15) is 18.0 Å². The van der Waals surface area contributed by atoms with Gasteiger partial charge in [0, 0.05) is 18.5 Å². The number of nitrogens with one attached hydrogen (secondary N) is 1. The zero-order chi connectivity index (χ0) is 22.2. The first kappa shape index (κ1) is 22.3. The first-order valence-corrected chi connectivity index (χ1v) is 10.1. The molecule has 0 aliphatic carbocycles. The predicted molar refractivity (Wildman–Crippen MR) is 108 cm³/mol. The molecule has 2 heterocycles. The number of carbonyl (C=O) groups excluding carboxylic acids is 2. The highest BCUT2D eigenvalue weighted by molar-refractivity contribution is 7.99. The molecule has 9 nitrogen and oxygen atoms in total. The number of thioether (sulfide) groups is 1. The van der Waals surface area contributed by atoms with E-state index in [-0.39, 0.29) is 23.8 Å². The number of benzene rings is 1. The van der Waals surface area contributed by atoms with Crippen LogP contribution in [0.5, 0.6) is 5.75 Å². The van der Waals surface area contributed by atoms with E-state index >= 15 is 0 Å². The molecule has 0 bridgehead atoms. The standard InChI is InChI=1S/C19H19F2N5O4S/c20-18(21)30-13-5-3-12(4-6-13)23-17(28)11-31-19-25-24-16(8-7-15(22)27)26(19)10-14-2-1-9-29-14/h1-6,9,18H,7-8,10-11H2,(H2,22,27)(H,23,28). The Morgan fingerprint density at radius 3 is 2.65 bits per heavy atom. The second kappa shape index (κ2) is 10.6. The molecular formula is C19H19F2N5O4S. The molecule has 0 radical (unpaired) electrons. The molecule has 3 rings (SSSR count). The smallest absolute Gasteiger partial charge is 0.387 e. The van der Waals surface area contributed by atoms with Gasteiger partial charge in [-0.25, -0.2) is 0 Å². The molecule has 0 atom stereocenters. The summed E-state index contributed by atoms with van der Waals surface area (Å²) in [7, 11) is 0. The number of hydrogen-bond donors (Lipinski definition) is 2. The van der Waals surface area contributed by atoms with Crippen LogP contribution in [0.15, 0.2) is 52.2 Å². The lowest BCUT2D eigenvalue weighted by molar-refractivity contribution is -0.118. The van der Waals surface area contributed by atoms with Crippen LogP contribution in [0.4, 0.5) is 14.5 Å². The summed E-state index contributed by atoms with van der Waals surface area (Å²) >= 11 is 1.16. The molecular weight excluding hydrogens is 432 g/mol. The number of primary amides is 1. The van der Waals surface area contributed by atoms with Gasteiger partial charge in [-0.1, -0.05) is 11.8 Å². The summed E-state index contributed by atoms with van der Waals surface area (Å²) in [4.78, 5) is 23.4. The minimum atomic E-state index is -2.91. The Morgan fingerprint density at radius 2 is 2.00 bits per heavy atom. The molecule has 2 aromatic heterocycles. The number of aromatic nitrogens is 3. The van der Waals surface area contributed by atoms with Crippen molar-refractivity contribution in [3.05, 3.63) is 54.2 Å². The number of aryl methyl sites for hydroxylation is 1. The quantitative estimate of drug-likeness (QED) is 0.429. The monoisotopic (exact) mass is 451 g/mol. The SMILES string of the molecule is NC(=O)CCc1nnc(SCC(=O)Nc2ccc(OC(F)F)cc2)n1Cc1ccco1. The number of nitrogens with zero attached hydrogens (tertiary/aromatic N) is 3. The number of carbonyl (C=O) groups is 2. The van der Waals surface area contributed by atoms with Gasteiger partial charge < -0.3 is 20.2 Å². The zero-order valence-corrected chi connectivity index (χ0v) is 17.0. The van der Waals surface area contributed by atoms with E-state index in [0.717, 1.165) is 11.8 Å². The van der Waals surface area contributed by atoms with Crippen LogP contribution in [-0.2, 0) is 22.6 Å². The summed E-state index contributed by atoms with van der Waals surface area (Å²) in [6.45, 7) is -2.58. The van der Waals surface area contributed by atoms with Gasteiger partial charge in [-0.05, 0) is 36.4 Å². The molecule has 12 heteroatoms. The molecule has 1 aromatic carbocycles. The van der Waals surface area contributed by atoms with Crippen LogP contribution >= 0.6 is 11.8 Å². The Hall–Kier alpha value is -3.41. The largest absolute Gasteiger partial charge is 0.467 e. The maximum Gasteiger partial charge on any atom is 0.387 e. The van der Waals surface area contributed by atoms with Crippen molar-refractivity contribution in [3.63, 3.8) is 0 Å². The maximum absolute atomic E-state index is 12.3. The highest BCUT2D eigenvalue weighted by atomic mass is 32.2. The first-order valence-electron chi connectivity index (χ1n) is 9.11. The third kappa shape index (κ3) is 6.81. The van der Waals surface area contributed by atoms with E-state index in [1.165, 1.54) is 24.3 Å². The van der Waals surface area contributed by atoms with Crippen LogP contribution in [0.3, 0.4) is 0 Å². The summed E-state index contributed by atoms with van der Waals surface area (Å²) in [6.07, 6.45) is 1.97. The van der Waals surface area contributed by atoms with E-state index in [0.29, 0.717) is 35.4 Å². The molecule has 0 aliphatic heterocycles. The molecule has 164 valence electrons. The van der Waals surface area contributed by atoms with Gasteiger partial charge in [-0.3, -0.25) is 14.2 Å². The van der Waals surface area contributed by atoms with Crippen LogP contribution in [-0.4, -0.2) is 38.9 Å². The Bertz CT molecular complexity index is 1010. The molecule has 0 unspecified atom stereocenters. The summed E-state index contributed by atoms with van der Waals surface area (Å²) in [5.41, 5.74) is 5.66. The van der Waals surface area contributed by atoms with Crippen molar-refractivity contribution >= 4 is 29.3 Å². The summed E-state index contributed by atoms with van der Waals surface area (Å²) in [6, 6.07) is 9.13. The van der Waals surface area contributed by atoms with Crippen molar-refractivity contribution in [3.8, 4) is 5.75 Å². The summed E-state index contributed by atoms with van der Waals surface area (Å²) < 4.78 is 35.8. The van der Waals surface area contributed by atoms with E-state index in [1.54, 1.807) is 23.0 Å². The Kier molecular flexibility index (Phi) is 7.60. The lowest BCUT2D eigenvalue weighted by atomic mass is 10.3. The molecule has 0 fully saturated rings. The van der Waals surface area contributed by atoms with Gasteiger partial charge in [-0.15, -0.1) is 10.2 Å². The minimum Gasteiger partial charge on any atom is -0.467 e. The number of alkyl halides is 2. The molecule has 0 saturated heterocycles. The third-order valence-electron chi connectivity index (χ3n) is 3.98. The topological polar surface area (TPSA) is 125 Å². The number of nitrogens with two attached hydrogens (primary N) is 1. The van der Waals surface area contributed by atoms with Crippen LogP contribution in [0, 0.1) is 0 Å². The predicted octanol–water partition coefficient (Wildman–Crippen LogP) is 2.67. The van der Waals surface area contributed by atoms with E-state index < -0.39 is 12.5 Å². The number of halogens is 2. The number of hydrogen-bond acceptors (Lipinski definition) is 7. The molecule has 0 saturated carbocycles. The number of furan rings is 1. The fourth-order valence-electron chi connectivity index (χ4n) is 2.61. The normalized spacial score (nSPS) is 10.9. The van der Waals surface area contributed by atoms with Crippen LogP contribution in [0.25, 0.3) is 0 Å². The van der Waals surface area contributed by atoms with Gasteiger partial charge in [-0.2, -0.15) is 8.78 Å². The molecule has 3 N–H and O–H groups in total. The summed E-state index contributed by atoms with van der Waals surface area (Å²) in [5, 5.41) is 11.4. The van der Waals surface area contributed by atoms with E-state index in [4.69, 9.17) is 10.2 Å². The van der Waals surface area contributed by atoms with Gasteiger partial charge in [0.25, 0.3) is 0 Å². The van der Waals surface area contributed by atoms with E-state index in [2.05, 4.69) is 20.3 Å². The minimum absolute atomic E-state index is 0.00288. The fourth-order valence-corrected chi connectivity index (χ4v) is 3.37. The Balaban J connectivity index is 1.61. The van der Waals surface area contributed by atoms with Crippen molar-refractivity contribution < 1.29 is 27.5 Å². The number of ether oxygens (including phenoxy) is 1. The number of rotatable bonds is 11. The molecule has 31 heavy (non-hydrogen) atoms. The first-order chi connectivity index (χ1) is 14.9. The second-order valence-electron chi connectivity index (χ2n) is 6.27. The number of anilines is 1.